The molecule has 0 unspecified atom stereocenters. The number of aryl methyl sites for hydroxylation is 1. The van der Waals surface area contributed by atoms with Gasteiger partial charge in [-0.1, -0.05) is 6.42 Å². The highest BCUT2D eigenvalue weighted by Crippen LogP contribution is 2.37. The average Bonchev–Trinajstić information content (AvgIpc) is 3.25. The smallest absolute Gasteiger partial charge is 0.307 e. The predicted molar refractivity (Wildman–Crippen MR) is 119 cm³/mol. The van der Waals surface area contributed by atoms with Gasteiger partial charge in [0, 0.05) is 24.6 Å². The first-order valence-corrected chi connectivity index (χ1v) is 13.3. The Morgan fingerprint density at radius 1 is 1.18 bits per heavy atom. The second-order valence-electron chi connectivity index (χ2n) is 9.21. The van der Waals surface area contributed by atoms with Gasteiger partial charge in [0.05, 0.1) is 17.8 Å². The third-order valence-corrected chi connectivity index (χ3v) is 8.93. The summed E-state index contributed by atoms with van der Waals surface area (Å²) in [5.41, 5.74) is 0.618. The van der Waals surface area contributed by atoms with Gasteiger partial charge in [0.1, 0.15) is 4.90 Å². The van der Waals surface area contributed by atoms with Crippen LogP contribution in [0.25, 0.3) is 0 Å². The Bertz CT molecular complexity index is 915. The van der Waals surface area contributed by atoms with Gasteiger partial charge in [-0.25, -0.2) is 22.2 Å². The van der Waals surface area contributed by atoms with Gasteiger partial charge in [0.15, 0.2) is 9.84 Å². The Kier molecular flexibility index (Phi) is 8.66. The highest BCUT2D eigenvalue weighted by atomic mass is 32.2. The molecule has 33 heavy (non-hydrogen) atoms. The topological polar surface area (TPSA) is 106 Å². The van der Waals surface area contributed by atoms with E-state index in [1.165, 1.54) is 6.07 Å². The minimum Gasteiger partial charge on any atom is -0.481 e. The molecule has 186 valence electrons. The standard InChI is InChI=1S/C23H34F2N2O5S/c1-16-8-9-20(33(30,31)19-7-5-6-18(19)22(28)29)21(27-16)32-15-4-2-3-14-26-17-10-12-23(24,25)13-11-17/h8-9,17-19,26H,2-7,10-15H2,1H3,(H,28,29)/t18-,19-/m0/s1. The monoisotopic (exact) mass is 488 g/mol. The SMILES string of the molecule is Cc1ccc(S(=O)(=O)[C@H]2CCC[C@@H]2C(=O)O)c(OCCCCCNC2CCC(F)(F)CC2)n1. The number of hydrogen-bond acceptors (Lipinski definition) is 6. The van der Waals surface area contributed by atoms with Crippen LogP contribution in [-0.4, -0.2) is 54.8 Å². The number of sulfone groups is 1. The third-order valence-electron chi connectivity index (χ3n) is 6.65. The van der Waals surface area contributed by atoms with Gasteiger partial charge >= 0.3 is 5.97 Å². The summed E-state index contributed by atoms with van der Waals surface area (Å²) in [4.78, 5) is 15.7. The van der Waals surface area contributed by atoms with E-state index in [9.17, 15) is 27.1 Å². The molecule has 2 atom stereocenters. The molecule has 0 saturated heterocycles. The normalized spacial score (nSPS) is 23.5. The number of unbranched alkanes of at least 4 members (excludes halogenated alkanes) is 2. The summed E-state index contributed by atoms with van der Waals surface area (Å²) in [6.07, 6.45) is 4.52. The average molecular weight is 489 g/mol. The van der Waals surface area contributed by atoms with E-state index in [4.69, 9.17) is 4.74 Å². The molecule has 0 aliphatic heterocycles. The molecule has 1 aromatic heterocycles. The van der Waals surface area contributed by atoms with Crippen molar-refractivity contribution in [1.82, 2.24) is 10.3 Å². The van der Waals surface area contributed by atoms with Crippen molar-refractivity contribution in [3.05, 3.63) is 17.8 Å². The van der Waals surface area contributed by atoms with Gasteiger partial charge < -0.3 is 15.2 Å². The van der Waals surface area contributed by atoms with Crippen molar-refractivity contribution in [2.45, 2.75) is 93.2 Å². The number of hydrogen-bond donors (Lipinski definition) is 2. The maximum atomic E-state index is 13.2. The lowest BCUT2D eigenvalue weighted by atomic mass is 9.92. The lowest BCUT2D eigenvalue weighted by molar-refractivity contribution is -0.141. The van der Waals surface area contributed by atoms with E-state index < -0.39 is 32.9 Å². The van der Waals surface area contributed by atoms with Crippen molar-refractivity contribution in [1.29, 1.82) is 0 Å². The Morgan fingerprint density at radius 2 is 1.91 bits per heavy atom. The summed E-state index contributed by atoms with van der Waals surface area (Å²) < 4.78 is 58.6. The van der Waals surface area contributed by atoms with Crippen LogP contribution in [0.5, 0.6) is 5.88 Å². The first-order chi connectivity index (χ1) is 15.6. The molecule has 1 heterocycles. The lowest BCUT2D eigenvalue weighted by Gasteiger charge is -2.28. The van der Waals surface area contributed by atoms with Gasteiger partial charge in [-0.15, -0.1) is 0 Å². The highest BCUT2D eigenvalue weighted by Gasteiger charge is 2.43. The van der Waals surface area contributed by atoms with Crippen molar-refractivity contribution < 1.29 is 31.8 Å². The fourth-order valence-corrected chi connectivity index (χ4v) is 6.80. The molecule has 0 aromatic carbocycles. The van der Waals surface area contributed by atoms with Gasteiger partial charge in [0.25, 0.3) is 0 Å². The van der Waals surface area contributed by atoms with Crippen molar-refractivity contribution in [2.75, 3.05) is 13.2 Å². The zero-order valence-corrected chi connectivity index (χ0v) is 19.9. The van der Waals surface area contributed by atoms with Crippen LogP contribution in [0, 0.1) is 12.8 Å². The first-order valence-electron chi connectivity index (χ1n) is 11.8. The van der Waals surface area contributed by atoms with Gasteiger partial charge in [-0.05, 0) is 70.5 Å². The number of aromatic nitrogens is 1. The number of nitrogens with one attached hydrogen (secondary N) is 1. The molecule has 2 saturated carbocycles. The van der Waals surface area contributed by atoms with E-state index in [-0.39, 0.29) is 29.7 Å². The number of ether oxygens (including phenoxy) is 1. The third kappa shape index (κ3) is 6.85. The number of nitrogens with zero attached hydrogens (tertiary/aromatic N) is 1. The van der Waals surface area contributed by atoms with Crippen molar-refractivity contribution in [3.63, 3.8) is 0 Å². The zero-order valence-electron chi connectivity index (χ0n) is 19.1. The molecule has 0 bridgehead atoms. The number of carbonyl (C=O) groups is 1. The molecule has 7 nitrogen and oxygen atoms in total. The van der Waals surface area contributed by atoms with Crippen LogP contribution in [0.2, 0.25) is 0 Å². The second-order valence-corrected chi connectivity index (χ2v) is 11.3. The van der Waals surface area contributed by atoms with Crippen molar-refractivity contribution in [3.8, 4) is 5.88 Å². The Hall–Kier alpha value is -1.81. The number of pyridine rings is 1. The van der Waals surface area contributed by atoms with Crippen LogP contribution in [0.3, 0.4) is 0 Å². The fourth-order valence-electron chi connectivity index (χ4n) is 4.71. The van der Waals surface area contributed by atoms with E-state index >= 15 is 0 Å². The minimum absolute atomic E-state index is 0.0345. The van der Waals surface area contributed by atoms with Gasteiger partial charge in [-0.2, -0.15) is 0 Å². The molecule has 0 radical (unpaired) electrons. The molecule has 10 heteroatoms. The van der Waals surface area contributed by atoms with Crippen LogP contribution in [0.1, 0.15) is 69.9 Å². The molecule has 2 fully saturated rings. The van der Waals surface area contributed by atoms with Crippen LogP contribution in [-0.2, 0) is 14.6 Å². The summed E-state index contributed by atoms with van der Waals surface area (Å²) in [6, 6.07) is 3.20. The number of alkyl halides is 2. The van der Waals surface area contributed by atoms with Crippen LogP contribution in [0.4, 0.5) is 8.78 Å². The molecule has 0 amide bonds. The molecule has 1 aromatic rings. The highest BCUT2D eigenvalue weighted by molar-refractivity contribution is 7.92. The Labute approximate surface area is 194 Å². The number of carboxylic acid groups (broad SMARTS) is 1. The maximum absolute atomic E-state index is 13.2. The van der Waals surface area contributed by atoms with Gasteiger partial charge in [0.2, 0.25) is 11.8 Å². The predicted octanol–water partition coefficient (Wildman–Crippen LogP) is 4.13. The summed E-state index contributed by atoms with van der Waals surface area (Å²) in [7, 11) is -3.88. The molecule has 2 aliphatic rings. The summed E-state index contributed by atoms with van der Waals surface area (Å²) in [6.45, 7) is 2.78. The fraction of sp³-hybridized carbons (Fsp3) is 0.739. The van der Waals surface area contributed by atoms with E-state index in [0.29, 0.717) is 50.8 Å². The molecular weight excluding hydrogens is 454 g/mol. The largest absolute Gasteiger partial charge is 0.481 e. The Balaban J connectivity index is 1.48. The molecular formula is C23H34F2N2O5S. The number of halogens is 2. The van der Waals surface area contributed by atoms with Crippen LogP contribution in [0.15, 0.2) is 17.0 Å². The van der Waals surface area contributed by atoms with E-state index in [2.05, 4.69) is 10.3 Å². The maximum Gasteiger partial charge on any atom is 0.307 e. The molecule has 0 spiro atoms. The molecule has 2 aliphatic carbocycles. The van der Waals surface area contributed by atoms with E-state index in [1.807, 2.05) is 0 Å². The number of aliphatic carboxylic acids is 1. The number of rotatable bonds is 11. The van der Waals surface area contributed by atoms with Gasteiger partial charge in [-0.3, -0.25) is 4.79 Å². The van der Waals surface area contributed by atoms with Crippen LogP contribution < -0.4 is 10.1 Å². The quantitative estimate of drug-likeness (QED) is 0.451. The van der Waals surface area contributed by atoms with Crippen LogP contribution >= 0.6 is 0 Å². The summed E-state index contributed by atoms with van der Waals surface area (Å²) in [5.74, 6) is -4.48. The first kappa shape index (κ1) is 25.8. The Morgan fingerprint density at radius 3 is 2.61 bits per heavy atom. The lowest BCUT2D eigenvalue weighted by Crippen LogP contribution is -2.37. The zero-order chi connectivity index (χ0) is 24.1. The summed E-state index contributed by atoms with van der Waals surface area (Å²) >= 11 is 0. The van der Waals surface area contributed by atoms with E-state index in [1.54, 1.807) is 13.0 Å². The molecule has 2 N–H and O–H groups in total. The van der Waals surface area contributed by atoms with E-state index in [0.717, 1.165) is 19.4 Å². The van der Waals surface area contributed by atoms with Crippen molar-refractivity contribution in [2.24, 2.45) is 5.92 Å². The number of carboxylic acids is 1. The summed E-state index contributed by atoms with van der Waals surface area (Å²) in [5, 5.41) is 11.8. The minimum atomic E-state index is -3.88. The molecule has 3 rings (SSSR count). The second kappa shape index (κ2) is 11.1. The van der Waals surface area contributed by atoms with Crippen molar-refractivity contribution >= 4 is 15.8 Å².